The number of halogens is 1. The van der Waals surface area contributed by atoms with E-state index in [1.807, 2.05) is 18.2 Å². The minimum atomic E-state index is -3.68. The van der Waals surface area contributed by atoms with Crippen molar-refractivity contribution in [2.24, 2.45) is 5.10 Å². The highest BCUT2D eigenvalue weighted by Crippen LogP contribution is 2.21. The number of hydrazone groups is 1. The van der Waals surface area contributed by atoms with Gasteiger partial charge in [-0.05, 0) is 49.1 Å². The maximum Gasteiger partial charge on any atom is 0.276 e. The third-order valence-electron chi connectivity index (χ3n) is 3.61. The summed E-state index contributed by atoms with van der Waals surface area (Å²) in [7, 11) is -3.68. The zero-order chi connectivity index (χ0) is 15.6. The van der Waals surface area contributed by atoms with Crippen molar-refractivity contribution in [3.05, 3.63) is 64.7 Å². The molecule has 0 saturated carbocycles. The van der Waals surface area contributed by atoms with E-state index in [9.17, 15) is 8.42 Å². The molecule has 0 bridgehead atoms. The van der Waals surface area contributed by atoms with Crippen molar-refractivity contribution >= 4 is 27.3 Å². The third kappa shape index (κ3) is 3.15. The maximum atomic E-state index is 12.2. The van der Waals surface area contributed by atoms with Crippen LogP contribution in [-0.2, 0) is 16.4 Å². The zero-order valence-corrected chi connectivity index (χ0v) is 13.4. The average Bonchev–Trinajstić information content (AvgIpc) is 2.53. The minimum Gasteiger partial charge on any atom is -0.200 e. The van der Waals surface area contributed by atoms with Gasteiger partial charge >= 0.3 is 0 Å². The van der Waals surface area contributed by atoms with Crippen LogP contribution in [0.2, 0.25) is 5.02 Å². The normalized spacial score (nSPS) is 16.3. The molecule has 6 heteroatoms. The summed E-state index contributed by atoms with van der Waals surface area (Å²) in [6, 6.07) is 14.0. The van der Waals surface area contributed by atoms with Gasteiger partial charge in [-0.2, -0.15) is 18.4 Å². The second-order valence-corrected chi connectivity index (χ2v) is 7.22. The van der Waals surface area contributed by atoms with Crippen LogP contribution in [0.4, 0.5) is 0 Å². The van der Waals surface area contributed by atoms with E-state index in [0.717, 1.165) is 30.5 Å². The van der Waals surface area contributed by atoms with Gasteiger partial charge in [-0.1, -0.05) is 35.9 Å². The maximum absolute atomic E-state index is 12.2. The number of rotatable bonds is 3. The molecule has 4 nitrogen and oxygen atoms in total. The SMILES string of the molecule is O=S(=O)(NN=C1CCCc2ccccc21)c1ccc(Cl)cc1. The molecule has 22 heavy (non-hydrogen) atoms. The molecule has 0 amide bonds. The average molecular weight is 335 g/mol. The van der Waals surface area contributed by atoms with E-state index in [2.05, 4.69) is 16.0 Å². The number of benzene rings is 2. The molecule has 2 aromatic rings. The zero-order valence-electron chi connectivity index (χ0n) is 11.8. The molecule has 0 heterocycles. The monoisotopic (exact) mass is 334 g/mol. The van der Waals surface area contributed by atoms with E-state index in [4.69, 9.17) is 11.6 Å². The highest BCUT2D eigenvalue weighted by atomic mass is 35.5. The molecule has 1 N–H and O–H groups in total. The predicted octanol–water partition coefficient (Wildman–Crippen LogP) is 3.36. The number of sulfonamides is 1. The Hall–Kier alpha value is -1.85. The largest absolute Gasteiger partial charge is 0.276 e. The van der Waals surface area contributed by atoms with E-state index in [0.29, 0.717) is 5.02 Å². The first kappa shape index (κ1) is 15.1. The number of nitrogens with zero attached hydrogens (tertiary/aromatic N) is 1. The number of aryl methyl sites for hydroxylation is 1. The van der Waals surface area contributed by atoms with Crippen molar-refractivity contribution in [3.63, 3.8) is 0 Å². The van der Waals surface area contributed by atoms with Crippen LogP contribution in [0.5, 0.6) is 0 Å². The molecule has 1 aliphatic rings. The molecule has 0 radical (unpaired) electrons. The Bertz CT molecular complexity index is 814. The van der Waals surface area contributed by atoms with Crippen molar-refractivity contribution < 1.29 is 8.42 Å². The minimum absolute atomic E-state index is 0.144. The molecule has 0 fully saturated rings. The van der Waals surface area contributed by atoms with E-state index in [1.54, 1.807) is 12.1 Å². The second-order valence-electron chi connectivity index (χ2n) is 5.12. The highest BCUT2D eigenvalue weighted by molar-refractivity contribution is 7.89. The fraction of sp³-hybridized carbons (Fsp3) is 0.188. The fourth-order valence-electron chi connectivity index (χ4n) is 2.50. The summed E-state index contributed by atoms with van der Waals surface area (Å²) in [5.41, 5.74) is 3.00. The molecule has 1 aliphatic carbocycles. The van der Waals surface area contributed by atoms with Crippen LogP contribution in [-0.4, -0.2) is 14.1 Å². The van der Waals surface area contributed by atoms with Crippen LogP contribution in [0.1, 0.15) is 24.0 Å². The van der Waals surface area contributed by atoms with Crippen LogP contribution >= 0.6 is 11.6 Å². The number of fused-ring (bicyclic) bond motifs is 1. The standard InChI is InChI=1S/C16H15ClN2O2S/c17-13-8-10-14(11-9-13)22(20,21)19-18-16-7-3-5-12-4-1-2-6-15(12)16/h1-2,4,6,8-11,19H,3,5,7H2. The van der Waals surface area contributed by atoms with Crippen molar-refractivity contribution in [3.8, 4) is 0 Å². The van der Waals surface area contributed by atoms with Gasteiger partial charge in [0.25, 0.3) is 10.0 Å². The number of nitrogens with one attached hydrogen (secondary N) is 1. The highest BCUT2D eigenvalue weighted by Gasteiger charge is 2.17. The molecule has 0 spiro atoms. The third-order valence-corrected chi connectivity index (χ3v) is 5.09. The van der Waals surface area contributed by atoms with Crippen molar-refractivity contribution in [2.75, 3.05) is 0 Å². The lowest BCUT2D eigenvalue weighted by atomic mass is 9.90. The molecule has 2 aromatic carbocycles. The van der Waals surface area contributed by atoms with Crippen molar-refractivity contribution in [1.82, 2.24) is 4.83 Å². The quantitative estimate of drug-likeness (QED) is 0.875. The molecule has 114 valence electrons. The van der Waals surface area contributed by atoms with Crippen molar-refractivity contribution in [2.45, 2.75) is 24.2 Å². The lowest BCUT2D eigenvalue weighted by Crippen LogP contribution is -2.22. The van der Waals surface area contributed by atoms with E-state index in [1.165, 1.54) is 17.7 Å². The Kier molecular flexibility index (Phi) is 4.18. The summed E-state index contributed by atoms with van der Waals surface area (Å²) < 4.78 is 24.5. The fourth-order valence-corrected chi connectivity index (χ4v) is 3.45. The summed E-state index contributed by atoms with van der Waals surface area (Å²) in [5.74, 6) is 0. The van der Waals surface area contributed by atoms with Gasteiger partial charge in [0.1, 0.15) is 0 Å². The van der Waals surface area contributed by atoms with Gasteiger partial charge in [0.05, 0.1) is 10.6 Å². The first-order chi connectivity index (χ1) is 10.6. The molecule has 0 atom stereocenters. The molecule has 0 unspecified atom stereocenters. The van der Waals surface area contributed by atoms with E-state index < -0.39 is 10.0 Å². The summed E-state index contributed by atoms with van der Waals surface area (Å²) in [5, 5.41) is 4.63. The van der Waals surface area contributed by atoms with Gasteiger partial charge in [-0.3, -0.25) is 0 Å². The van der Waals surface area contributed by atoms with E-state index in [-0.39, 0.29) is 4.90 Å². The van der Waals surface area contributed by atoms with Crippen molar-refractivity contribution in [1.29, 1.82) is 0 Å². The Balaban J connectivity index is 1.87. The smallest absolute Gasteiger partial charge is 0.200 e. The van der Waals surface area contributed by atoms with Gasteiger partial charge in [0, 0.05) is 10.6 Å². The lowest BCUT2D eigenvalue weighted by molar-refractivity contribution is 0.584. The van der Waals surface area contributed by atoms with Gasteiger partial charge in [-0.15, -0.1) is 0 Å². The topological polar surface area (TPSA) is 58.5 Å². The van der Waals surface area contributed by atoms with Crippen LogP contribution < -0.4 is 4.83 Å². The Morgan fingerprint density at radius 1 is 1.00 bits per heavy atom. The van der Waals surface area contributed by atoms with Gasteiger partial charge < -0.3 is 0 Å². The van der Waals surface area contributed by atoms with Gasteiger partial charge in [0.15, 0.2) is 0 Å². The number of hydrogen-bond acceptors (Lipinski definition) is 3. The summed E-state index contributed by atoms with van der Waals surface area (Å²) in [6.07, 6.45) is 2.73. The summed E-state index contributed by atoms with van der Waals surface area (Å²) in [6.45, 7) is 0. The molecule has 0 aliphatic heterocycles. The Labute approximate surface area is 134 Å². The van der Waals surface area contributed by atoms with Crippen LogP contribution in [0.15, 0.2) is 58.5 Å². The Morgan fingerprint density at radius 3 is 2.50 bits per heavy atom. The second kappa shape index (κ2) is 6.10. The lowest BCUT2D eigenvalue weighted by Gasteiger charge is -2.17. The van der Waals surface area contributed by atoms with Crippen LogP contribution in [0, 0.1) is 0 Å². The summed E-state index contributed by atoms with van der Waals surface area (Å²) >= 11 is 5.77. The first-order valence-corrected chi connectivity index (χ1v) is 8.84. The molecular weight excluding hydrogens is 320 g/mol. The summed E-state index contributed by atoms with van der Waals surface area (Å²) in [4.78, 5) is 2.47. The van der Waals surface area contributed by atoms with Gasteiger partial charge in [-0.25, -0.2) is 0 Å². The van der Waals surface area contributed by atoms with Gasteiger partial charge in [0.2, 0.25) is 0 Å². The first-order valence-electron chi connectivity index (χ1n) is 6.98. The van der Waals surface area contributed by atoms with E-state index >= 15 is 0 Å². The molecule has 0 aromatic heterocycles. The molecule has 3 rings (SSSR count). The Morgan fingerprint density at radius 2 is 1.73 bits per heavy atom. The number of hydrogen-bond donors (Lipinski definition) is 1. The predicted molar refractivity (Wildman–Crippen MR) is 87.7 cm³/mol. The molecular formula is C16H15ClN2O2S. The van der Waals surface area contributed by atoms with Crippen LogP contribution in [0.3, 0.4) is 0 Å². The van der Waals surface area contributed by atoms with Crippen LogP contribution in [0.25, 0.3) is 0 Å². The molecule has 0 saturated heterocycles.